The molecule has 0 spiro atoms. The van der Waals surface area contributed by atoms with Crippen molar-refractivity contribution in [1.82, 2.24) is 5.16 Å². The molecule has 1 heterocycles. The molecule has 5 nitrogen and oxygen atoms in total. The van der Waals surface area contributed by atoms with Gasteiger partial charge in [-0.15, -0.1) is 0 Å². The SMILES string of the molecule is Cc1noc(C)c1CCSCCC(N)C(=O)O. The van der Waals surface area contributed by atoms with Crippen molar-refractivity contribution in [1.29, 1.82) is 0 Å². The largest absolute Gasteiger partial charge is 0.480 e. The van der Waals surface area contributed by atoms with Crippen molar-refractivity contribution in [2.45, 2.75) is 32.7 Å². The highest BCUT2D eigenvalue weighted by molar-refractivity contribution is 7.99. The first-order chi connectivity index (χ1) is 8.02. The van der Waals surface area contributed by atoms with Crippen molar-refractivity contribution < 1.29 is 14.4 Å². The number of carboxylic acids is 1. The van der Waals surface area contributed by atoms with Gasteiger partial charge >= 0.3 is 5.97 Å². The maximum absolute atomic E-state index is 10.5. The van der Waals surface area contributed by atoms with Crippen LogP contribution in [-0.2, 0) is 11.2 Å². The second-order valence-corrected chi connectivity index (χ2v) is 5.12. The Labute approximate surface area is 105 Å². The van der Waals surface area contributed by atoms with E-state index in [1.165, 1.54) is 0 Å². The molecule has 1 rings (SSSR count). The summed E-state index contributed by atoms with van der Waals surface area (Å²) < 4.78 is 5.07. The molecular formula is C11H18N2O3S. The van der Waals surface area contributed by atoms with Gasteiger partial charge in [-0.05, 0) is 38.2 Å². The number of hydrogen-bond acceptors (Lipinski definition) is 5. The molecule has 96 valence electrons. The van der Waals surface area contributed by atoms with E-state index >= 15 is 0 Å². The number of aromatic nitrogens is 1. The maximum atomic E-state index is 10.5. The first-order valence-corrected chi connectivity index (χ1v) is 6.65. The zero-order valence-electron chi connectivity index (χ0n) is 10.1. The zero-order chi connectivity index (χ0) is 12.8. The van der Waals surface area contributed by atoms with Gasteiger partial charge in [-0.2, -0.15) is 11.8 Å². The average molecular weight is 258 g/mol. The summed E-state index contributed by atoms with van der Waals surface area (Å²) in [6, 6.07) is -0.749. The molecule has 3 N–H and O–H groups in total. The van der Waals surface area contributed by atoms with Gasteiger partial charge in [0.1, 0.15) is 11.8 Å². The Balaban J connectivity index is 2.19. The van der Waals surface area contributed by atoms with Crippen molar-refractivity contribution in [3.63, 3.8) is 0 Å². The maximum Gasteiger partial charge on any atom is 0.320 e. The molecular weight excluding hydrogens is 240 g/mol. The molecule has 0 bridgehead atoms. The molecule has 1 aromatic heterocycles. The quantitative estimate of drug-likeness (QED) is 0.718. The average Bonchev–Trinajstić information content (AvgIpc) is 2.59. The summed E-state index contributed by atoms with van der Waals surface area (Å²) in [6.45, 7) is 3.83. The van der Waals surface area contributed by atoms with Gasteiger partial charge < -0.3 is 15.4 Å². The van der Waals surface area contributed by atoms with E-state index in [9.17, 15) is 4.79 Å². The smallest absolute Gasteiger partial charge is 0.320 e. The normalized spacial score (nSPS) is 12.6. The summed E-state index contributed by atoms with van der Waals surface area (Å²) >= 11 is 1.70. The minimum atomic E-state index is -0.934. The van der Waals surface area contributed by atoms with Crippen LogP contribution in [0.25, 0.3) is 0 Å². The van der Waals surface area contributed by atoms with Gasteiger partial charge in [-0.25, -0.2) is 0 Å². The molecule has 0 aliphatic carbocycles. The monoisotopic (exact) mass is 258 g/mol. The van der Waals surface area contributed by atoms with Gasteiger partial charge in [0.2, 0.25) is 0 Å². The van der Waals surface area contributed by atoms with Crippen molar-refractivity contribution in [3.05, 3.63) is 17.0 Å². The third kappa shape index (κ3) is 4.40. The molecule has 0 aliphatic heterocycles. The first kappa shape index (κ1) is 14.1. The lowest BCUT2D eigenvalue weighted by Crippen LogP contribution is -2.30. The van der Waals surface area contributed by atoms with E-state index < -0.39 is 12.0 Å². The van der Waals surface area contributed by atoms with Crippen molar-refractivity contribution >= 4 is 17.7 Å². The molecule has 1 atom stereocenters. The summed E-state index contributed by atoms with van der Waals surface area (Å²) in [5, 5.41) is 12.5. The van der Waals surface area contributed by atoms with Crippen LogP contribution < -0.4 is 5.73 Å². The summed E-state index contributed by atoms with van der Waals surface area (Å²) in [4.78, 5) is 10.5. The fourth-order valence-corrected chi connectivity index (χ4v) is 2.44. The molecule has 0 fully saturated rings. The molecule has 0 aliphatic rings. The standard InChI is InChI=1S/C11H18N2O3S/c1-7-9(8(2)16-13-7)3-5-17-6-4-10(12)11(14)15/h10H,3-6,12H2,1-2H3,(H,14,15). The van der Waals surface area contributed by atoms with Crippen molar-refractivity contribution in [3.8, 4) is 0 Å². The minimum absolute atomic E-state index is 0.502. The van der Waals surface area contributed by atoms with E-state index in [2.05, 4.69) is 5.16 Å². The fraction of sp³-hybridized carbons (Fsp3) is 0.636. The Kier molecular flexibility index (Phi) is 5.50. The van der Waals surface area contributed by atoms with Crippen LogP contribution in [0.5, 0.6) is 0 Å². The number of aliphatic carboxylic acids is 1. The minimum Gasteiger partial charge on any atom is -0.480 e. The topological polar surface area (TPSA) is 89.4 Å². The van der Waals surface area contributed by atoms with E-state index in [-0.39, 0.29) is 0 Å². The third-order valence-corrected chi connectivity index (χ3v) is 3.59. The lowest BCUT2D eigenvalue weighted by atomic mass is 10.1. The molecule has 0 amide bonds. The Morgan fingerprint density at radius 1 is 1.53 bits per heavy atom. The highest BCUT2D eigenvalue weighted by Crippen LogP contribution is 2.15. The van der Waals surface area contributed by atoms with E-state index in [4.69, 9.17) is 15.4 Å². The highest BCUT2D eigenvalue weighted by Gasteiger charge is 2.11. The Hall–Kier alpha value is -1.01. The van der Waals surface area contributed by atoms with Crippen LogP contribution in [-0.4, -0.2) is 33.8 Å². The zero-order valence-corrected chi connectivity index (χ0v) is 10.9. The number of carboxylic acid groups (broad SMARTS) is 1. The molecule has 0 saturated carbocycles. The van der Waals surface area contributed by atoms with E-state index in [1.54, 1.807) is 11.8 Å². The van der Waals surface area contributed by atoms with Crippen molar-refractivity contribution in [2.75, 3.05) is 11.5 Å². The number of rotatable bonds is 7. The lowest BCUT2D eigenvalue weighted by Gasteiger charge is -2.05. The predicted octanol–water partition coefficient (Wildman–Crippen LogP) is 1.37. The highest BCUT2D eigenvalue weighted by atomic mass is 32.2. The molecule has 17 heavy (non-hydrogen) atoms. The van der Waals surface area contributed by atoms with Crippen LogP contribution in [0.4, 0.5) is 0 Å². The summed E-state index contributed by atoms with van der Waals surface area (Å²) in [5.74, 6) is 1.62. The van der Waals surface area contributed by atoms with Gasteiger partial charge in [-0.1, -0.05) is 5.16 Å². The molecule has 0 aromatic carbocycles. The van der Waals surface area contributed by atoms with Gasteiger partial charge in [0.05, 0.1) is 5.69 Å². The van der Waals surface area contributed by atoms with Gasteiger partial charge in [0.25, 0.3) is 0 Å². The van der Waals surface area contributed by atoms with Crippen LogP contribution >= 0.6 is 11.8 Å². The van der Waals surface area contributed by atoms with Crippen LogP contribution in [0.1, 0.15) is 23.4 Å². The van der Waals surface area contributed by atoms with E-state index in [0.29, 0.717) is 6.42 Å². The van der Waals surface area contributed by atoms with Crippen LogP contribution in [0.15, 0.2) is 4.52 Å². The summed E-state index contributed by atoms with van der Waals surface area (Å²) in [7, 11) is 0. The fourth-order valence-electron chi connectivity index (χ4n) is 1.47. The Morgan fingerprint density at radius 3 is 2.76 bits per heavy atom. The van der Waals surface area contributed by atoms with Crippen LogP contribution in [0.2, 0.25) is 0 Å². The number of thioether (sulfide) groups is 1. The van der Waals surface area contributed by atoms with Gasteiger partial charge in [0.15, 0.2) is 0 Å². The summed E-state index contributed by atoms with van der Waals surface area (Å²) in [6.07, 6.45) is 1.40. The molecule has 1 unspecified atom stereocenters. The van der Waals surface area contributed by atoms with E-state index in [1.807, 2.05) is 13.8 Å². The molecule has 1 aromatic rings. The number of nitrogens with zero attached hydrogens (tertiary/aromatic N) is 1. The third-order valence-electron chi connectivity index (χ3n) is 2.57. The summed E-state index contributed by atoms with van der Waals surface area (Å²) in [5.41, 5.74) is 7.49. The second kappa shape index (κ2) is 6.66. The Morgan fingerprint density at radius 2 is 2.24 bits per heavy atom. The number of carbonyl (C=O) groups is 1. The van der Waals surface area contributed by atoms with Crippen molar-refractivity contribution in [2.24, 2.45) is 5.73 Å². The van der Waals surface area contributed by atoms with Gasteiger partial charge in [-0.3, -0.25) is 4.79 Å². The second-order valence-electron chi connectivity index (χ2n) is 3.90. The number of hydrogen-bond donors (Lipinski definition) is 2. The van der Waals surface area contributed by atoms with E-state index in [0.717, 1.165) is 34.9 Å². The molecule has 0 radical (unpaired) electrons. The predicted molar refractivity (Wildman–Crippen MR) is 67.2 cm³/mol. The van der Waals surface area contributed by atoms with Crippen LogP contribution in [0.3, 0.4) is 0 Å². The number of nitrogens with two attached hydrogens (primary N) is 1. The molecule has 0 saturated heterocycles. The van der Waals surface area contributed by atoms with Gasteiger partial charge in [0, 0.05) is 5.56 Å². The van der Waals surface area contributed by atoms with Crippen LogP contribution in [0, 0.1) is 13.8 Å². The lowest BCUT2D eigenvalue weighted by molar-refractivity contribution is -0.138. The molecule has 6 heteroatoms. The number of aryl methyl sites for hydroxylation is 2. The first-order valence-electron chi connectivity index (χ1n) is 5.50. The Bertz CT molecular complexity index is 359.